The van der Waals surface area contributed by atoms with E-state index in [0.29, 0.717) is 0 Å². The third-order valence-corrected chi connectivity index (χ3v) is 5.43. The van der Waals surface area contributed by atoms with Crippen LogP contribution in [0.25, 0.3) is 0 Å². The molecule has 0 N–H and O–H groups in total. The molecule has 0 bridgehead atoms. The number of carbonyl (C=O) groups is 1. The normalized spacial score (nSPS) is 10.0. The van der Waals surface area contributed by atoms with E-state index in [-0.39, 0.29) is 35.3 Å². The zero-order valence-electron chi connectivity index (χ0n) is 20.3. The van der Waals surface area contributed by atoms with Crippen molar-refractivity contribution in [3.63, 3.8) is 0 Å². The Bertz CT molecular complexity index is 568. The number of hydrogen-bond donors (Lipinski definition) is 0. The van der Waals surface area contributed by atoms with Crippen LogP contribution in [-0.4, -0.2) is 5.78 Å². The molecule has 0 spiro atoms. The largest absolute Gasteiger partial charge is 1.00 e. The first-order chi connectivity index (χ1) is 14.8. The second-order valence-corrected chi connectivity index (χ2v) is 8.16. The molecular formula is C29H43NaO. The molecule has 2 heteroatoms. The fourth-order valence-corrected chi connectivity index (χ4v) is 3.54. The van der Waals surface area contributed by atoms with E-state index >= 15 is 0 Å². The number of unbranched alkanes of at least 4 members (excludes halogenated alkanes) is 13. The van der Waals surface area contributed by atoms with Gasteiger partial charge >= 0.3 is 29.6 Å². The minimum Gasteiger partial charge on any atom is -0.343 e. The summed E-state index contributed by atoms with van der Waals surface area (Å²) in [6.45, 7) is 6.16. The van der Waals surface area contributed by atoms with Crippen molar-refractivity contribution in [2.24, 2.45) is 0 Å². The molecule has 0 saturated carbocycles. The minimum absolute atomic E-state index is 0. The summed E-state index contributed by atoms with van der Waals surface area (Å²) in [5, 5.41) is 0. The molecule has 31 heavy (non-hydrogen) atoms. The van der Waals surface area contributed by atoms with Gasteiger partial charge in [-0.2, -0.15) is 6.42 Å². The van der Waals surface area contributed by atoms with Crippen LogP contribution in [0.2, 0.25) is 0 Å². The molecule has 0 unspecified atom stereocenters. The number of rotatable bonds is 15. The van der Waals surface area contributed by atoms with Gasteiger partial charge in [0.15, 0.2) is 5.78 Å². The van der Waals surface area contributed by atoms with E-state index in [0.717, 1.165) is 17.5 Å². The zero-order chi connectivity index (χ0) is 21.7. The average Bonchev–Trinajstić information content (AvgIpc) is 2.81. The molecule has 0 saturated heterocycles. The molecular weight excluding hydrogens is 387 g/mol. The maximum absolute atomic E-state index is 11.8. The van der Waals surface area contributed by atoms with Gasteiger partial charge in [-0.1, -0.05) is 151 Å². The topological polar surface area (TPSA) is 17.1 Å². The van der Waals surface area contributed by atoms with Crippen LogP contribution >= 0.6 is 0 Å². The molecule has 0 atom stereocenters. The average molecular weight is 431 g/mol. The van der Waals surface area contributed by atoms with Crippen LogP contribution in [0.15, 0.2) is 60.7 Å². The van der Waals surface area contributed by atoms with Crippen molar-refractivity contribution < 1.29 is 34.4 Å². The quantitative estimate of drug-likeness (QED) is 0.142. The van der Waals surface area contributed by atoms with Crippen molar-refractivity contribution in [1.82, 2.24) is 0 Å². The molecule has 0 aliphatic heterocycles. The number of ketones is 1. The van der Waals surface area contributed by atoms with Crippen molar-refractivity contribution in [1.29, 1.82) is 0 Å². The summed E-state index contributed by atoms with van der Waals surface area (Å²) in [4.78, 5) is 11.8. The maximum Gasteiger partial charge on any atom is 1.00 e. The van der Waals surface area contributed by atoms with E-state index in [4.69, 9.17) is 0 Å². The number of benzene rings is 2. The van der Waals surface area contributed by atoms with E-state index in [2.05, 4.69) is 13.8 Å². The smallest absolute Gasteiger partial charge is 0.343 e. The molecule has 0 amide bonds. The van der Waals surface area contributed by atoms with E-state index < -0.39 is 0 Å². The first-order valence-corrected chi connectivity index (χ1v) is 12.2. The predicted octanol–water partition coefficient (Wildman–Crippen LogP) is 6.22. The van der Waals surface area contributed by atoms with Crippen LogP contribution < -0.4 is 29.6 Å². The summed E-state index contributed by atoms with van der Waals surface area (Å²) < 4.78 is 0. The third-order valence-electron chi connectivity index (χ3n) is 5.43. The standard InChI is InChI=1S/C16H33.C13H10O.Na/c1-3-5-7-9-11-13-15-16-14-12-10-8-6-4-2;14-13(11-7-3-1-4-8-11)12-9-5-2-6-10-12;/h1,3-16H2,2H3;1-10H;/q-1;;+1. The fraction of sp³-hybridized carbons (Fsp3) is 0.517. The molecule has 0 aliphatic rings. The van der Waals surface area contributed by atoms with Crippen molar-refractivity contribution >= 4 is 5.78 Å². The molecule has 166 valence electrons. The molecule has 2 rings (SSSR count). The summed E-state index contributed by atoms with van der Waals surface area (Å²) in [7, 11) is 0. The van der Waals surface area contributed by atoms with Crippen LogP contribution in [0.4, 0.5) is 0 Å². The van der Waals surface area contributed by atoms with Crippen molar-refractivity contribution in [3.8, 4) is 0 Å². The van der Waals surface area contributed by atoms with E-state index in [1.807, 2.05) is 60.7 Å². The Labute approximate surface area is 214 Å². The predicted molar refractivity (Wildman–Crippen MR) is 132 cm³/mol. The Morgan fingerprint density at radius 2 is 0.903 bits per heavy atom. The monoisotopic (exact) mass is 430 g/mol. The van der Waals surface area contributed by atoms with Crippen LogP contribution in [-0.2, 0) is 0 Å². The molecule has 2 aromatic rings. The van der Waals surface area contributed by atoms with E-state index in [1.165, 1.54) is 83.5 Å². The summed E-state index contributed by atoms with van der Waals surface area (Å²) >= 11 is 0. The van der Waals surface area contributed by atoms with Gasteiger partial charge in [0, 0.05) is 11.1 Å². The second-order valence-electron chi connectivity index (χ2n) is 8.16. The van der Waals surface area contributed by atoms with Gasteiger partial charge in [0.25, 0.3) is 0 Å². The fourth-order valence-electron chi connectivity index (χ4n) is 3.54. The van der Waals surface area contributed by atoms with E-state index in [9.17, 15) is 4.79 Å². The van der Waals surface area contributed by atoms with Gasteiger partial charge in [0.1, 0.15) is 0 Å². The third kappa shape index (κ3) is 16.4. The van der Waals surface area contributed by atoms with Gasteiger partial charge in [-0.3, -0.25) is 4.79 Å². The Morgan fingerprint density at radius 3 is 1.23 bits per heavy atom. The van der Waals surface area contributed by atoms with Crippen LogP contribution in [0.5, 0.6) is 0 Å². The molecule has 0 heterocycles. The maximum atomic E-state index is 11.8. The molecule has 0 fully saturated rings. The van der Waals surface area contributed by atoms with Gasteiger partial charge in [0.2, 0.25) is 0 Å². The summed E-state index contributed by atoms with van der Waals surface area (Å²) in [6.07, 6.45) is 19.8. The van der Waals surface area contributed by atoms with Crippen molar-refractivity contribution in [3.05, 3.63) is 78.7 Å². The molecule has 0 aliphatic carbocycles. The zero-order valence-corrected chi connectivity index (χ0v) is 22.3. The summed E-state index contributed by atoms with van der Waals surface area (Å²) in [5.41, 5.74) is 1.47. The molecule has 0 aromatic heterocycles. The Morgan fingerprint density at radius 1 is 0.581 bits per heavy atom. The van der Waals surface area contributed by atoms with Crippen LogP contribution in [0, 0.1) is 6.92 Å². The molecule has 1 nitrogen and oxygen atoms in total. The summed E-state index contributed by atoms with van der Waals surface area (Å²) in [6, 6.07) is 18.6. The number of carbonyl (C=O) groups excluding carboxylic acids is 1. The Balaban J connectivity index is 0.000000565. The van der Waals surface area contributed by atoms with Crippen LogP contribution in [0.3, 0.4) is 0 Å². The SMILES string of the molecule is O=C(c1ccccc1)c1ccccc1.[CH2-]CCCCCCCCCCCCCCC.[Na+]. The van der Waals surface area contributed by atoms with Crippen molar-refractivity contribution in [2.75, 3.05) is 0 Å². The van der Waals surface area contributed by atoms with Gasteiger partial charge in [-0.05, 0) is 0 Å². The molecule has 2 aromatic carbocycles. The first-order valence-electron chi connectivity index (χ1n) is 12.2. The van der Waals surface area contributed by atoms with Gasteiger partial charge in [-0.15, -0.1) is 0 Å². The minimum atomic E-state index is 0. The Kier molecular flexibility index (Phi) is 21.7. The van der Waals surface area contributed by atoms with Gasteiger partial charge in [-0.25, -0.2) is 0 Å². The van der Waals surface area contributed by atoms with Crippen LogP contribution in [0.1, 0.15) is 113 Å². The number of hydrogen-bond acceptors (Lipinski definition) is 1. The first kappa shape index (κ1) is 30.1. The summed E-state index contributed by atoms with van der Waals surface area (Å²) in [5.74, 6) is 0.0752. The molecule has 0 radical (unpaired) electrons. The Hall–Kier alpha value is -0.890. The van der Waals surface area contributed by atoms with Gasteiger partial charge < -0.3 is 6.92 Å². The van der Waals surface area contributed by atoms with Crippen molar-refractivity contribution in [2.45, 2.75) is 96.8 Å². The van der Waals surface area contributed by atoms with Gasteiger partial charge in [0.05, 0.1) is 0 Å². The second kappa shape index (κ2) is 22.3. The van der Waals surface area contributed by atoms with E-state index in [1.54, 1.807) is 0 Å².